The third kappa shape index (κ3) is 6.54. The van der Waals surface area contributed by atoms with E-state index in [1.165, 1.54) is 43.2 Å². The molecule has 0 N–H and O–H groups in total. The van der Waals surface area contributed by atoms with Crippen molar-refractivity contribution in [2.45, 2.75) is 83.1 Å². The van der Waals surface area contributed by atoms with Crippen LogP contribution in [0.2, 0.25) is 0 Å². The van der Waals surface area contributed by atoms with Crippen molar-refractivity contribution in [1.29, 1.82) is 0 Å². The van der Waals surface area contributed by atoms with Gasteiger partial charge in [0.2, 0.25) is 0 Å². The van der Waals surface area contributed by atoms with E-state index >= 15 is 0 Å². The summed E-state index contributed by atoms with van der Waals surface area (Å²) in [5.41, 5.74) is 6.49. The van der Waals surface area contributed by atoms with Gasteiger partial charge in [0.05, 0.1) is 6.20 Å². The quantitative estimate of drug-likeness (QED) is 0.325. The van der Waals surface area contributed by atoms with Gasteiger partial charge in [-0.25, -0.2) is 0 Å². The van der Waals surface area contributed by atoms with Crippen LogP contribution in [-0.4, -0.2) is 63.5 Å². The highest BCUT2D eigenvalue weighted by Gasteiger charge is 2.30. The third-order valence-electron chi connectivity index (χ3n) is 10.2. The maximum absolute atomic E-state index is 13.5. The molecule has 1 saturated carbocycles. The van der Waals surface area contributed by atoms with E-state index < -0.39 is 0 Å². The summed E-state index contributed by atoms with van der Waals surface area (Å²) < 4.78 is 1.83. The van der Waals surface area contributed by atoms with Crippen LogP contribution >= 0.6 is 0 Å². The first-order valence-corrected chi connectivity index (χ1v) is 16.2. The number of Topliss-reactive ketones (excluding diaryl/α,β-unsaturated/α-hetero) is 1. The van der Waals surface area contributed by atoms with Crippen LogP contribution in [0, 0.1) is 12.8 Å². The molecule has 6 heteroatoms. The predicted octanol–water partition coefficient (Wildman–Crippen LogP) is 6.57. The molecule has 0 bridgehead atoms. The first-order valence-electron chi connectivity index (χ1n) is 16.2. The van der Waals surface area contributed by atoms with Crippen LogP contribution in [0.25, 0.3) is 11.1 Å². The Morgan fingerprint density at radius 1 is 0.833 bits per heavy atom. The summed E-state index contributed by atoms with van der Waals surface area (Å²) in [6.45, 7) is 5.70. The van der Waals surface area contributed by atoms with Crippen molar-refractivity contribution < 1.29 is 9.59 Å². The molecule has 1 amide bonds. The van der Waals surface area contributed by atoms with E-state index in [0.29, 0.717) is 18.1 Å². The Kier molecular flexibility index (Phi) is 8.89. The van der Waals surface area contributed by atoms with Gasteiger partial charge in [-0.05, 0) is 98.8 Å². The molecule has 3 aliphatic rings. The van der Waals surface area contributed by atoms with Crippen molar-refractivity contribution in [3.63, 3.8) is 0 Å². The third-order valence-corrected chi connectivity index (χ3v) is 10.2. The van der Waals surface area contributed by atoms with Crippen LogP contribution < -0.4 is 0 Å². The Hall–Kier alpha value is -3.25. The van der Waals surface area contributed by atoms with Crippen molar-refractivity contribution in [2.75, 3.05) is 26.2 Å². The highest BCUT2D eigenvalue weighted by molar-refractivity contribution is 5.95. The fourth-order valence-corrected chi connectivity index (χ4v) is 7.48. The Morgan fingerprint density at radius 2 is 1.55 bits per heavy atom. The maximum atomic E-state index is 13.5. The van der Waals surface area contributed by atoms with E-state index in [-0.39, 0.29) is 11.8 Å². The lowest BCUT2D eigenvalue weighted by molar-refractivity contribution is -0.123. The Labute approximate surface area is 251 Å². The van der Waals surface area contributed by atoms with Gasteiger partial charge < -0.3 is 9.80 Å². The van der Waals surface area contributed by atoms with Gasteiger partial charge in [-0.3, -0.25) is 14.3 Å². The zero-order valence-corrected chi connectivity index (χ0v) is 25.4. The zero-order valence-electron chi connectivity index (χ0n) is 25.4. The number of ketones is 1. The molecule has 1 aromatic heterocycles. The number of hydrogen-bond acceptors (Lipinski definition) is 4. The number of likely N-dealkylation sites (tertiary alicyclic amines) is 2. The predicted molar refractivity (Wildman–Crippen MR) is 168 cm³/mol. The lowest BCUT2D eigenvalue weighted by atomic mass is 9.86. The Bertz CT molecular complexity index is 1370. The molecule has 2 aromatic carbocycles. The molecule has 0 spiro atoms. The number of aromatic nitrogens is 2. The van der Waals surface area contributed by atoms with Gasteiger partial charge in [0.15, 0.2) is 0 Å². The minimum Gasteiger partial charge on any atom is -0.339 e. The molecule has 3 fully saturated rings. The van der Waals surface area contributed by atoms with Gasteiger partial charge in [0.25, 0.3) is 5.91 Å². The average molecular weight is 567 g/mol. The summed E-state index contributed by atoms with van der Waals surface area (Å²) in [6, 6.07) is 15.5. The molecule has 0 radical (unpaired) electrons. The van der Waals surface area contributed by atoms with Gasteiger partial charge in [0, 0.05) is 55.8 Å². The molecule has 2 saturated heterocycles. The number of carbonyl (C=O) groups is 2. The molecule has 42 heavy (non-hydrogen) atoms. The number of hydrogen-bond donors (Lipinski definition) is 0. The van der Waals surface area contributed by atoms with Gasteiger partial charge in [-0.1, -0.05) is 49.6 Å². The van der Waals surface area contributed by atoms with Crippen molar-refractivity contribution >= 4 is 11.7 Å². The van der Waals surface area contributed by atoms with E-state index in [2.05, 4.69) is 41.2 Å². The molecule has 3 heterocycles. The maximum Gasteiger partial charge on any atom is 0.253 e. The van der Waals surface area contributed by atoms with E-state index in [4.69, 9.17) is 0 Å². The highest BCUT2D eigenvalue weighted by atomic mass is 16.2. The molecule has 1 aliphatic carbocycles. The van der Waals surface area contributed by atoms with Crippen molar-refractivity contribution in [3.8, 4) is 11.1 Å². The second kappa shape index (κ2) is 12.9. The van der Waals surface area contributed by atoms with Gasteiger partial charge >= 0.3 is 0 Å². The molecule has 0 atom stereocenters. The summed E-state index contributed by atoms with van der Waals surface area (Å²) >= 11 is 0. The summed E-state index contributed by atoms with van der Waals surface area (Å²) in [5.74, 6) is 1.06. The van der Waals surface area contributed by atoms with E-state index in [0.717, 1.165) is 80.2 Å². The normalized spacial score (nSPS) is 19.7. The van der Waals surface area contributed by atoms with Crippen LogP contribution in [0.15, 0.2) is 54.9 Å². The fraction of sp³-hybridized carbons (Fsp3) is 0.528. The molecule has 6 rings (SSSR count). The van der Waals surface area contributed by atoms with Crippen LogP contribution in [0.3, 0.4) is 0 Å². The summed E-state index contributed by atoms with van der Waals surface area (Å²) in [5, 5.41) is 4.28. The number of nitrogens with zero attached hydrogens (tertiary/aromatic N) is 4. The first kappa shape index (κ1) is 28.9. The van der Waals surface area contributed by atoms with Crippen LogP contribution in [0.4, 0.5) is 0 Å². The summed E-state index contributed by atoms with van der Waals surface area (Å²) in [7, 11) is 1.94. The lowest BCUT2D eigenvalue weighted by Gasteiger charge is -2.39. The standard InChI is InChI=1S/C36H46N4O2/c1-26-8-9-31(22-32(26)23-35(41)30-16-18-39(19-17-30)34-6-4-3-5-7-34)36(42)40-20-14-29(15-21-40)27-10-12-28(13-11-27)33-24-37-38(2)25-33/h8-13,22,24-25,29-30,34H,3-7,14-21,23H2,1-2H3. The first-order chi connectivity index (χ1) is 20.4. The smallest absolute Gasteiger partial charge is 0.253 e. The summed E-state index contributed by atoms with van der Waals surface area (Å²) in [6.07, 6.45) is 15.0. The number of amides is 1. The molecule has 0 unspecified atom stereocenters. The van der Waals surface area contributed by atoms with E-state index in [1.807, 2.05) is 47.2 Å². The number of rotatable bonds is 7. The zero-order chi connectivity index (χ0) is 29.1. The number of aryl methyl sites for hydroxylation is 2. The molecule has 3 aromatic rings. The van der Waals surface area contributed by atoms with Crippen molar-refractivity contribution in [3.05, 3.63) is 77.1 Å². The van der Waals surface area contributed by atoms with Crippen LogP contribution in [0.5, 0.6) is 0 Å². The second-order valence-electron chi connectivity index (χ2n) is 13.0. The van der Waals surface area contributed by atoms with Crippen LogP contribution in [0.1, 0.15) is 90.8 Å². The number of benzene rings is 2. The van der Waals surface area contributed by atoms with Gasteiger partial charge in [-0.2, -0.15) is 5.10 Å². The van der Waals surface area contributed by atoms with Crippen molar-refractivity contribution in [2.24, 2.45) is 13.0 Å². The lowest BCUT2D eigenvalue weighted by Crippen LogP contribution is -2.43. The van der Waals surface area contributed by atoms with E-state index in [1.54, 1.807) is 0 Å². The Balaban J connectivity index is 1.02. The minimum atomic E-state index is 0.0925. The number of piperidine rings is 2. The monoisotopic (exact) mass is 566 g/mol. The highest BCUT2D eigenvalue weighted by Crippen LogP contribution is 2.31. The van der Waals surface area contributed by atoms with Gasteiger partial charge in [-0.15, -0.1) is 0 Å². The van der Waals surface area contributed by atoms with Crippen molar-refractivity contribution in [1.82, 2.24) is 19.6 Å². The summed E-state index contributed by atoms with van der Waals surface area (Å²) in [4.78, 5) is 31.5. The largest absolute Gasteiger partial charge is 0.339 e. The van der Waals surface area contributed by atoms with Crippen LogP contribution in [-0.2, 0) is 18.3 Å². The molecular formula is C36H46N4O2. The molecule has 6 nitrogen and oxygen atoms in total. The topological polar surface area (TPSA) is 58.4 Å². The number of carbonyl (C=O) groups excluding carboxylic acids is 2. The minimum absolute atomic E-state index is 0.0925. The van der Waals surface area contributed by atoms with E-state index in [9.17, 15) is 9.59 Å². The molecule has 222 valence electrons. The SMILES string of the molecule is Cc1ccc(C(=O)N2CCC(c3ccc(-c4cnn(C)c4)cc3)CC2)cc1CC(=O)C1CCN(C2CCCCC2)CC1. The average Bonchev–Trinajstić information content (AvgIpc) is 3.48. The second-order valence-corrected chi connectivity index (χ2v) is 13.0. The molecule has 2 aliphatic heterocycles. The molecular weight excluding hydrogens is 520 g/mol. The Morgan fingerprint density at radius 3 is 2.21 bits per heavy atom. The van der Waals surface area contributed by atoms with Gasteiger partial charge in [0.1, 0.15) is 5.78 Å². The fourth-order valence-electron chi connectivity index (χ4n) is 7.48.